The second-order valence-electron chi connectivity index (χ2n) is 5.83. The smallest absolute Gasteiger partial charge is 0.293 e. The normalized spacial score (nSPS) is 11.0. The van der Waals surface area contributed by atoms with Crippen LogP contribution in [-0.4, -0.2) is 36.7 Å². The average molecular weight is 315 g/mol. The van der Waals surface area contributed by atoms with Crippen LogP contribution >= 0.6 is 0 Å². The molecule has 0 radical (unpaired) electrons. The average Bonchev–Trinajstić information content (AvgIpc) is 2.55. The van der Waals surface area contributed by atoms with Gasteiger partial charge in [-0.1, -0.05) is 24.3 Å². The van der Waals surface area contributed by atoms with Gasteiger partial charge >= 0.3 is 0 Å². The molecule has 0 bridgehead atoms. The number of hydrogen-bond donors (Lipinski definition) is 1. The molecule has 0 aliphatic carbocycles. The Morgan fingerprint density at radius 1 is 1.13 bits per heavy atom. The summed E-state index contributed by atoms with van der Waals surface area (Å²) in [6, 6.07) is 11.5. The fourth-order valence-corrected chi connectivity index (χ4v) is 2.29. The minimum atomic E-state index is -0.0970. The highest BCUT2D eigenvalue weighted by Crippen LogP contribution is 2.07. The summed E-state index contributed by atoms with van der Waals surface area (Å²) in [5, 5.41) is 0. The van der Waals surface area contributed by atoms with Gasteiger partial charge in [0, 0.05) is 19.3 Å². The minimum Gasteiger partial charge on any atom is -0.488 e. The molecule has 0 aliphatic heterocycles. The SMILES string of the molecule is CN(C)CCCOc1cccn(Cc2ccc(CN)cc2)c1=O. The van der Waals surface area contributed by atoms with Crippen LogP contribution in [-0.2, 0) is 13.1 Å². The third kappa shape index (κ3) is 5.23. The zero-order valence-electron chi connectivity index (χ0n) is 13.9. The standard InChI is InChI=1S/C18H25N3O2/c1-20(2)10-4-12-23-17-5-3-11-21(18(17)22)14-16-8-6-15(13-19)7-9-16/h3,5-9,11H,4,10,12-14,19H2,1-2H3. The molecule has 2 aromatic rings. The summed E-state index contributed by atoms with van der Waals surface area (Å²) in [5.41, 5.74) is 7.65. The first-order valence-electron chi connectivity index (χ1n) is 7.85. The van der Waals surface area contributed by atoms with E-state index in [1.54, 1.807) is 16.8 Å². The lowest BCUT2D eigenvalue weighted by molar-refractivity contribution is 0.277. The molecule has 0 aliphatic rings. The molecule has 1 heterocycles. The summed E-state index contributed by atoms with van der Waals surface area (Å²) in [6.45, 7) is 2.53. The van der Waals surface area contributed by atoms with Gasteiger partial charge in [0.1, 0.15) is 0 Å². The van der Waals surface area contributed by atoms with Crippen LogP contribution in [0.5, 0.6) is 5.75 Å². The molecule has 0 saturated carbocycles. The molecule has 5 nitrogen and oxygen atoms in total. The summed E-state index contributed by atoms with van der Waals surface area (Å²) >= 11 is 0. The zero-order valence-corrected chi connectivity index (χ0v) is 13.9. The molecule has 5 heteroatoms. The molecule has 1 aromatic heterocycles. The minimum absolute atomic E-state index is 0.0970. The number of benzene rings is 1. The molecule has 2 N–H and O–H groups in total. The Hall–Kier alpha value is -2.11. The number of ether oxygens (including phenoxy) is 1. The Bertz CT molecular complexity index is 663. The Morgan fingerprint density at radius 2 is 1.83 bits per heavy atom. The molecule has 0 amide bonds. The first-order chi connectivity index (χ1) is 11.1. The highest BCUT2D eigenvalue weighted by molar-refractivity contribution is 5.24. The van der Waals surface area contributed by atoms with E-state index in [1.807, 2.05) is 44.4 Å². The molecule has 1 aromatic carbocycles. The first kappa shape index (κ1) is 17.2. The topological polar surface area (TPSA) is 60.5 Å². The Labute approximate surface area is 137 Å². The maximum absolute atomic E-state index is 12.4. The van der Waals surface area contributed by atoms with Gasteiger partial charge in [-0.3, -0.25) is 4.79 Å². The highest BCUT2D eigenvalue weighted by Gasteiger charge is 2.05. The number of rotatable bonds is 8. The van der Waals surface area contributed by atoms with Crippen LogP contribution < -0.4 is 16.0 Å². The Balaban J connectivity index is 2.02. The van der Waals surface area contributed by atoms with E-state index in [-0.39, 0.29) is 5.56 Å². The largest absolute Gasteiger partial charge is 0.488 e. The predicted molar refractivity (Wildman–Crippen MR) is 92.8 cm³/mol. The first-order valence-corrected chi connectivity index (χ1v) is 7.85. The quantitative estimate of drug-likeness (QED) is 0.753. The lowest BCUT2D eigenvalue weighted by atomic mass is 10.1. The van der Waals surface area contributed by atoms with E-state index in [0.717, 1.165) is 24.1 Å². The monoisotopic (exact) mass is 315 g/mol. The fraction of sp³-hybridized carbons (Fsp3) is 0.389. The van der Waals surface area contributed by atoms with E-state index in [4.69, 9.17) is 10.5 Å². The van der Waals surface area contributed by atoms with Gasteiger partial charge in [0.2, 0.25) is 0 Å². The molecule has 0 saturated heterocycles. The van der Waals surface area contributed by atoms with Crippen LogP contribution in [0.1, 0.15) is 17.5 Å². The summed E-state index contributed by atoms with van der Waals surface area (Å²) < 4.78 is 7.29. The molecule has 0 atom stereocenters. The molecule has 0 unspecified atom stereocenters. The molecule has 124 valence electrons. The summed E-state index contributed by atoms with van der Waals surface area (Å²) in [7, 11) is 4.04. The van der Waals surface area contributed by atoms with E-state index < -0.39 is 0 Å². The van der Waals surface area contributed by atoms with E-state index in [1.165, 1.54) is 0 Å². The van der Waals surface area contributed by atoms with Gasteiger partial charge in [-0.2, -0.15) is 0 Å². The number of nitrogens with zero attached hydrogens (tertiary/aromatic N) is 2. The third-order valence-corrected chi connectivity index (χ3v) is 3.60. The molecule has 0 fully saturated rings. The van der Waals surface area contributed by atoms with Crippen LogP contribution in [0.2, 0.25) is 0 Å². The zero-order chi connectivity index (χ0) is 16.7. The van der Waals surface area contributed by atoms with Crippen molar-refractivity contribution in [1.82, 2.24) is 9.47 Å². The van der Waals surface area contributed by atoms with Crippen molar-refractivity contribution in [1.29, 1.82) is 0 Å². The van der Waals surface area contributed by atoms with E-state index in [9.17, 15) is 4.79 Å². The van der Waals surface area contributed by atoms with E-state index >= 15 is 0 Å². The maximum Gasteiger partial charge on any atom is 0.293 e. The van der Waals surface area contributed by atoms with Crippen molar-refractivity contribution >= 4 is 0 Å². The third-order valence-electron chi connectivity index (χ3n) is 3.60. The second-order valence-corrected chi connectivity index (χ2v) is 5.83. The summed E-state index contributed by atoms with van der Waals surface area (Å²) in [5.74, 6) is 0.407. The lowest BCUT2D eigenvalue weighted by Crippen LogP contribution is -2.23. The van der Waals surface area contributed by atoms with Crippen molar-refractivity contribution in [3.63, 3.8) is 0 Å². The molecule has 23 heavy (non-hydrogen) atoms. The van der Waals surface area contributed by atoms with Crippen molar-refractivity contribution in [2.75, 3.05) is 27.2 Å². The van der Waals surface area contributed by atoms with Gasteiger partial charge in [-0.05, 0) is 43.8 Å². The van der Waals surface area contributed by atoms with Gasteiger partial charge in [-0.25, -0.2) is 0 Å². The number of hydrogen-bond acceptors (Lipinski definition) is 4. The summed E-state index contributed by atoms with van der Waals surface area (Å²) in [4.78, 5) is 14.5. The molecular formula is C18H25N3O2. The van der Waals surface area contributed by atoms with Crippen molar-refractivity contribution in [2.24, 2.45) is 5.73 Å². The summed E-state index contributed by atoms with van der Waals surface area (Å²) in [6.07, 6.45) is 2.67. The Morgan fingerprint density at radius 3 is 2.48 bits per heavy atom. The van der Waals surface area contributed by atoms with Crippen molar-refractivity contribution in [2.45, 2.75) is 19.5 Å². The fourth-order valence-electron chi connectivity index (χ4n) is 2.29. The van der Waals surface area contributed by atoms with E-state index in [2.05, 4.69) is 4.90 Å². The number of nitrogens with two attached hydrogens (primary N) is 1. The highest BCUT2D eigenvalue weighted by atomic mass is 16.5. The van der Waals surface area contributed by atoms with Crippen molar-refractivity contribution in [3.8, 4) is 5.75 Å². The number of pyridine rings is 1. The van der Waals surface area contributed by atoms with Crippen LogP contribution in [0.3, 0.4) is 0 Å². The second kappa shape index (κ2) is 8.50. The lowest BCUT2D eigenvalue weighted by Gasteiger charge is -2.12. The molecule has 2 rings (SSSR count). The molecular weight excluding hydrogens is 290 g/mol. The van der Waals surface area contributed by atoms with Gasteiger partial charge in [-0.15, -0.1) is 0 Å². The van der Waals surface area contributed by atoms with Crippen molar-refractivity contribution < 1.29 is 4.74 Å². The van der Waals surface area contributed by atoms with Gasteiger partial charge in [0.15, 0.2) is 5.75 Å². The van der Waals surface area contributed by atoms with Gasteiger partial charge < -0.3 is 19.9 Å². The van der Waals surface area contributed by atoms with Gasteiger partial charge in [0.25, 0.3) is 5.56 Å². The molecule has 0 spiro atoms. The predicted octanol–water partition coefficient (Wildman–Crippen LogP) is 1.69. The Kier molecular flexibility index (Phi) is 6.38. The van der Waals surface area contributed by atoms with Crippen LogP contribution in [0.4, 0.5) is 0 Å². The van der Waals surface area contributed by atoms with Crippen LogP contribution in [0.25, 0.3) is 0 Å². The van der Waals surface area contributed by atoms with Gasteiger partial charge in [0.05, 0.1) is 13.2 Å². The van der Waals surface area contributed by atoms with E-state index in [0.29, 0.717) is 25.4 Å². The van der Waals surface area contributed by atoms with Crippen LogP contribution in [0.15, 0.2) is 47.4 Å². The van der Waals surface area contributed by atoms with Crippen LogP contribution in [0, 0.1) is 0 Å². The maximum atomic E-state index is 12.4. The number of aromatic nitrogens is 1. The van der Waals surface area contributed by atoms with Crippen molar-refractivity contribution in [3.05, 3.63) is 64.1 Å².